The second kappa shape index (κ2) is 4.71. The summed E-state index contributed by atoms with van der Waals surface area (Å²) in [5.41, 5.74) is 0.464. The van der Waals surface area contributed by atoms with Gasteiger partial charge in [0.15, 0.2) is 5.11 Å². The Hall–Kier alpha value is -1.62. The smallest absolute Gasteiger partial charge is 0.276 e. The lowest BCUT2D eigenvalue weighted by Gasteiger charge is -2.15. The van der Waals surface area contributed by atoms with E-state index in [0.717, 1.165) is 0 Å². The summed E-state index contributed by atoms with van der Waals surface area (Å²) in [4.78, 5) is 13.6. The lowest BCUT2D eigenvalue weighted by molar-refractivity contribution is -0.122. The maximum Gasteiger partial charge on any atom is 0.276 e. The quantitative estimate of drug-likeness (QED) is 0.658. The molecule has 90 valence electrons. The zero-order chi connectivity index (χ0) is 12.4. The number of carbonyl (C=O) groups is 1. The molecule has 0 unspecified atom stereocenters. The zero-order valence-electron chi connectivity index (χ0n) is 9.77. The highest BCUT2D eigenvalue weighted by atomic mass is 32.1. The zero-order valence-corrected chi connectivity index (χ0v) is 10.6. The summed E-state index contributed by atoms with van der Waals surface area (Å²) >= 11 is 5.13. The van der Waals surface area contributed by atoms with Gasteiger partial charge in [-0.25, -0.2) is 0 Å². The first kappa shape index (κ1) is 11.9. The van der Waals surface area contributed by atoms with E-state index >= 15 is 0 Å². The van der Waals surface area contributed by atoms with Crippen LogP contribution < -0.4 is 5.32 Å². The van der Waals surface area contributed by atoms with Crippen LogP contribution >= 0.6 is 12.2 Å². The number of nitrogens with zero attached hydrogens (tertiary/aromatic N) is 1. The molecule has 0 saturated carbocycles. The Bertz CT molecular complexity index is 463. The first-order valence-corrected chi connectivity index (χ1v) is 5.87. The third-order valence-electron chi connectivity index (χ3n) is 2.34. The fraction of sp³-hybridized carbons (Fsp3) is 0.333. The molecular weight excluding hydrogens is 236 g/mol. The average Bonchev–Trinajstić information content (AvgIpc) is 2.83. The molecule has 1 saturated heterocycles. The highest BCUT2D eigenvalue weighted by Gasteiger charge is 2.30. The van der Waals surface area contributed by atoms with Gasteiger partial charge in [0.05, 0.1) is 6.26 Å². The SMILES string of the molecule is CC(C)CN1C(=O)C(=Cc2ccco2)NC1=S. The van der Waals surface area contributed by atoms with Crippen LogP contribution in [0.4, 0.5) is 0 Å². The molecule has 1 N–H and O–H groups in total. The van der Waals surface area contributed by atoms with Crippen LogP contribution in [0.3, 0.4) is 0 Å². The van der Waals surface area contributed by atoms with Gasteiger partial charge < -0.3 is 9.73 Å². The van der Waals surface area contributed by atoms with Crippen LogP contribution in [0.15, 0.2) is 28.5 Å². The van der Waals surface area contributed by atoms with Gasteiger partial charge >= 0.3 is 0 Å². The van der Waals surface area contributed by atoms with Crippen molar-refractivity contribution >= 4 is 29.3 Å². The number of hydrogen-bond donors (Lipinski definition) is 1. The van der Waals surface area contributed by atoms with E-state index in [2.05, 4.69) is 5.32 Å². The minimum absolute atomic E-state index is 0.0971. The lowest BCUT2D eigenvalue weighted by atomic mass is 10.2. The third-order valence-corrected chi connectivity index (χ3v) is 2.66. The Balaban J connectivity index is 2.18. The lowest BCUT2D eigenvalue weighted by Crippen LogP contribution is -2.33. The molecule has 1 aliphatic rings. The first-order valence-electron chi connectivity index (χ1n) is 5.46. The molecule has 0 radical (unpaired) electrons. The molecule has 17 heavy (non-hydrogen) atoms. The van der Waals surface area contributed by atoms with E-state index < -0.39 is 0 Å². The van der Waals surface area contributed by atoms with Crippen molar-refractivity contribution in [2.45, 2.75) is 13.8 Å². The molecule has 1 aromatic rings. The van der Waals surface area contributed by atoms with E-state index in [4.69, 9.17) is 16.6 Å². The van der Waals surface area contributed by atoms with Crippen LogP contribution in [0.1, 0.15) is 19.6 Å². The van der Waals surface area contributed by atoms with E-state index in [-0.39, 0.29) is 5.91 Å². The molecule has 1 amide bonds. The molecule has 0 aromatic carbocycles. The second-order valence-corrected chi connectivity index (χ2v) is 4.70. The van der Waals surface area contributed by atoms with Crippen molar-refractivity contribution < 1.29 is 9.21 Å². The Labute approximate surface area is 105 Å². The van der Waals surface area contributed by atoms with Crippen molar-refractivity contribution in [1.82, 2.24) is 10.2 Å². The minimum atomic E-state index is -0.0971. The summed E-state index contributed by atoms with van der Waals surface area (Å²) in [6, 6.07) is 3.56. The van der Waals surface area contributed by atoms with Gasteiger partial charge in [-0.2, -0.15) is 0 Å². The fourth-order valence-electron chi connectivity index (χ4n) is 1.62. The normalized spacial score (nSPS) is 18.3. The second-order valence-electron chi connectivity index (χ2n) is 4.31. The van der Waals surface area contributed by atoms with Crippen molar-refractivity contribution in [3.8, 4) is 0 Å². The van der Waals surface area contributed by atoms with Crippen molar-refractivity contribution in [3.05, 3.63) is 29.9 Å². The molecule has 1 fully saturated rings. The van der Waals surface area contributed by atoms with E-state index in [1.807, 2.05) is 13.8 Å². The molecule has 4 nitrogen and oxygen atoms in total. The summed E-state index contributed by atoms with van der Waals surface area (Å²) in [6.07, 6.45) is 3.23. The standard InChI is InChI=1S/C12H14N2O2S/c1-8(2)7-14-11(15)10(13-12(14)17)6-9-4-3-5-16-9/h3-6,8H,7H2,1-2H3,(H,13,17). The van der Waals surface area contributed by atoms with Crippen LogP contribution in [0, 0.1) is 5.92 Å². The molecule has 0 bridgehead atoms. The van der Waals surface area contributed by atoms with E-state index in [1.54, 1.807) is 29.4 Å². The number of furan rings is 1. The largest absolute Gasteiger partial charge is 0.465 e. The molecule has 1 aliphatic heterocycles. The molecular formula is C12H14N2O2S. The average molecular weight is 250 g/mol. The minimum Gasteiger partial charge on any atom is -0.465 e. The fourth-order valence-corrected chi connectivity index (χ4v) is 1.89. The predicted octanol–water partition coefficient (Wildman–Crippen LogP) is 1.99. The van der Waals surface area contributed by atoms with Gasteiger partial charge in [0, 0.05) is 12.6 Å². The molecule has 5 heteroatoms. The van der Waals surface area contributed by atoms with Crippen LogP contribution in [0.2, 0.25) is 0 Å². The number of rotatable bonds is 3. The van der Waals surface area contributed by atoms with Gasteiger partial charge in [0.1, 0.15) is 11.5 Å². The molecule has 0 aliphatic carbocycles. The van der Waals surface area contributed by atoms with E-state index in [0.29, 0.717) is 29.0 Å². The number of carbonyl (C=O) groups excluding carboxylic acids is 1. The Morgan fingerprint density at radius 3 is 2.94 bits per heavy atom. The number of hydrogen-bond acceptors (Lipinski definition) is 3. The maximum absolute atomic E-state index is 12.0. The monoisotopic (exact) mass is 250 g/mol. The molecule has 2 rings (SSSR count). The third kappa shape index (κ3) is 2.55. The van der Waals surface area contributed by atoms with Crippen molar-refractivity contribution in [1.29, 1.82) is 0 Å². The Morgan fingerprint density at radius 1 is 1.59 bits per heavy atom. The topological polar surface area (TPSA) is 45.5 Å². The van der Waals surface area contributed by atoms with E-state index in [1.165, 1.54) is 0 Å². The van der Waals surface area contributed by atoms with Crippen molar-refractivity contribution in [2.75, 3.05) is 6.54 Å². The number of nitrogens with one attached hydrogen (secondary N) is 1. The number of thiocarbonyl (C=S) groups is 1. The van der Waals surface area contributed by atoms with Gasteiger partial charge in [-0.3, -0.25) is 9.69 Å². The van der Waals surface area contributed by atoms with Gasteiger partial charge in [-0.05, 0) is 30.3 Å². The van der Waals surface area contributed by atoms with Crippen LogP contribution in [0.5, 0.6) is 0 Å². The predicted molar refractivity (Wildman–Crippen MR) is 69.0 cm³/mol. The summed E-state index contributed by atoms with van der Waals surface area (Å²) in [6.45, 7) is 4.72. The van der Waals surface area contributed by atoms with Gasteiger partial charge in [0.2, 0.25) is 0 Å². The van der Waals surface area contributed by atoms with E-state index in [9.17, 15) is 4.79 Å². The molecule has 1 aromatic heterocycles. The van der Waals surface area contributed by atoms with Crippen LogP contribution in [-0.2, 0) is 4.79 Å². The molecule has 0 atom stereocenters. The van der Waals surface area contributed by atoms with Crippen molar-refractivity contribution in [3.63, 3.8) is 0 Å². The maximum atomic E-state index is 12.0. The summed E-state index contributed by atoms with van der Waals surface area (Å²) < 4.78 is 5.16. The Kier molecular flexibility index (Phi) is 3.28. The molecule has 0 spiro atoms. The van der Waals surface area contributed by atoms with Crippen molar-refractivity contribution in [2.24, 2.45) is 5.92 Å². The Morgan fingerprint density at radius 2 is 2.35 bits per heavy atom. The highest BCUT2D eigenvalue weighted by molar-refractivity contribution is 7.80. The summed E-state index contributed by atoms with van der Waals surface area (Å²) in [5, 5.41) is 3.37. The van der Waals surface area contributed by atoms with Gasteiger partial charge in [0.25, 0.3) is 5.91 Å². The van der Waals surface area contributed by atoms with Crippen LogP contribution in [0.25, 0.3) is 6.08 Å². The number of amides is 1. The molecule has 2 heterocycles. The summed E-state index contributed by atoms with van der Waals surface area (Å²) in [5.74, 6) is 0.914. The highest BCUT2D eigenvalue weighted by Crippen LogP contribution is 2.15. The van der Waals surface area contributed by atoms with Gasteiger partial charge in [-0.15, -0.1) is 0 Å². The van der Waals surface area contributed by atoms with Gasteiger partial charge in [-0.1, -0.05) is 13.8 Å². The summed E-state index contributed by atoms with van der Waals surface area (Å²) in [7, 11) is 0. The van der Waals surface area contributed by atoms with Crippen LogP contribution in [-0.4, -0.2) is 22.5 Å². The first-order chi connectivity index (χ1) is 8.08.